The summed E-state index contributed by atoms with van der Waals surface area (Å²) in [6, 6.07) is 20.4. The number of carbonyl (C=O) groups excluding carboxylic acids is 6. The van der Waals surface area contributed by atoms with Crippen molar-refractivity contribution in [3.63, 3.8) is 0 Å². The fourth-order valence-corrected chi connectivity index (χ4v) is 8.16. The van der Waals surface area contributed by atoms with Crippen molar-refractivity contribution in [1.29, 1.82) is 0 Å². The van der Waals surface area contributed by atoms with E-state index in [1.807, 2.05) is 74.5 Å². The van der Waals surface area contributed by atoms with Crippen LogP contribution in [-0.2, 0) is 67.7 Å². The van der Waals surface area contributed by atoms with Crippen LogP contribution in [0.1, 0.15) is 83.9 Å². The number of quaternary nitrogens is 1. The van der Waals surface area contributed by atoms with E-state index in [0.717, 1.165) is 22.4 Å². The highest BCUT2D eigenvalue weighted by Crippen LogP contribution is 2.33. The molecule has 3 aromatic rings. The Balaban J connectivity index is 0.00000220. The maximum atomic E-state index is 15.2. The summed E-state index contributed by atoms with van der Waals surface area (Å²) in [5.41, 5.74) is 1.06. The van der Waals surface area contributed by atoms with Gasteiger partial charge in [-0.25, -0.2) is 8.42 Å². The summed E-state index contributed by atoms with van der Waals surface area (Å²) in [5.74, 6) is 0.126. The Bertz CT molecular complexity index is 2460. The Morgan fingerprint density at radius 3 is 2.03 bits per heavy atom. The van der Waals surface area contributed by atoms with Crippen molar-refractivity contribution in [2.24, 2.45) is 11.8 Å². The Morgan fingerprint density at radius 2 is 1.47 bits per heavy atom. The van der Waals surface area contributed by atoms with E-state index in [1.54, 1.807) is 32.0 Å². The van der Waals surface area contributed by atoms with Crippen molar-refractivity contribution in [1.82, 2.24) is 20.9 Å². The molecule has 73 heavy (non-hydrogen) atoms. The number of morpholine rings is 1. The molecule has 0 saturated carbocycles. The summed E-state index contributed by atoms with van der Waals surface area (Å²) in [6.07, 6.45) is 7.89. The maximum absolute atomic E-state index is 15.2. The smallest absolute Gasteiger partial charge is 0.310 e. The fourth-order valence-electron chi connectivity index (χ4n) is 8.16. The Morgan fingerprint density at radius 1 is 0.863 bits per heavy atom. The highest BCUT2D eigenvalue weighted by Gasteiger charge is 2.54. The van der Waals surface area contributed by atoms with Crippen LogP contribution < -0.4 is 25.4 Å². The van der Waals surface area contributed by atoms with Crippen molar-refractivity contribution >= 4 is 45.6 Å². The van der Waals surface area contributed by atoms with Gasteiger partial charge < -0.3 is 43.9 Å². The zero-order valence-corrected chi connectivity index (χ0v) is 44.0. The second-order valence-electron chi connectivity index (χ2n) is 19.6. The molecule has 5 rings (SSSR count). The topological polar surface area (TPSA) is 239 Å². The molecule has 0 aromatic heterocycles. The number of nitrogens with one attached hydrogen (secondary N) is 3. The molecule has 0 radical (unpaired) electrons. The molecule has 0 aliphatic carbocycles. The highest BCUT2D eigenvalue weighted by molar-refractivity contribution is 7.84. The number of epoxide rings is 1. The highest BCUT2D eigenvalue weighted by atomic mass is 32.2. The fraction of sp³-hybridized carbons (Fsp3) is 0.519. The van der Waals surface area contributed by atoms with Gasteiger partial charge in [-0.2, -0.15) is 0 Å². The average Bonchev–Trinajstić information content (AvgIpc) is 4.10. The second kappa shape index (κ2) is 28.3. The van der Waals surface area contributed by atoms with E-state index in [-0.39, 0.29) is 74.0 Å². The van der Waals surface area contributed by atoms with Crippen molar-refractivity contribution in [2.45, 2.75) is 110 Å². The molecule has 5 amide bonds. The molecule has 398 valence electrons. The third-order valence-electron chi connectivity index (χ3n) is 12.2. The predicted octanol–water partition coefficient (Wildman–Crippen LogP) is 4.09. The first-order valence-electron chi connectivity index (χ1n) is 24.8. The van der Waals surface area contributed by atoms with Crippen LogP contribution >= 0.6 is 0 Å². The van der Waals surface area contributed by atoms with E-state index in [0.29, 0.717) is 62.8 Å². The minimum absolute atomic E-state index is 0.0411. The number of imide groups is 1. The first-order chi connectivity index (χ1) is 34.5. The van der Waals surface area contributed by atoms with Crippen LogP contribution in [0.15, 0.2) is 78.9 Å². The van der Waals surface area contributed by atoms with Crippen molar-refractivity contribution in [3.8, 4) is 23.8 Å². The number of hydrogen-bond acceptors (Lipinski definition) is 13. The first-order valence-corrected chi connectivity index (χ1v) is 26.6. The van der Waals surface area contributed by atoms with Crippen LogP contribution in [0.2, 0.25) is 0 Å². The molecule has 2 fully saturated rings. The summed E-state index contributed by atoms with van der Waals surface area (Å²) in [7, 11) is -3.92. The standard InChI is InChI=1S/C53H69N5O10.CH4O3S/c1-8-28-66-46-33-42(68-48(60)9-2)22-21-41(46)34-58(26-29-65-30-27-58)35-47(59)57(52(64)53(7)36-67-53)45(23-20-39-16-12-10-13-17-39)51(63)56-43(31-38(5)6)50(62)55-44(32-40-18-14-11-15-19-40)49(61)54-25-24-37(3)4;1-5(2,3)4/h1,10-19,21-22,33,37-38,43-45H,9,20,23-32,34-36H2,2-7H3,(H2-,54,55,56,61,62,63);1H3,(H,2,3,4)/t43-,44-,45-,53+;/m0./s1. The molecule has 19 heteroatoms. The molecule has 2 aliphatic heterocycles. The van der Waals surface area contributed by atoms with Gasteiger partial charge in [0.05, 0.1) is 29.9 Å². The van der Waals surface area contributed by atoms with Crippen LogP contribution in [0.3, 0.4) is 0 Å². The lowest BCUT2D eigenvalue weighted by molar-refractivity contribution is -0.940. The SMILES string of the molecule is C#CCOc1cc(OC(=O)CC)ccc1C[N+]1(CC(=O)N(C(=O)[C@@]2(C)CO2)[C@@H](CCc2ccccc2)C(=O)N[C@@H](CC(C)C)C(=O)N[C@@H](Cc2ccccc2)C(=O)NCCC(C)C)CCOCC1.CS(=O)(=O)[O-]. The van der Waals surface area contributed by atoms with Crippen molar-refractivity contribution in [3.05, 3.63) is 95.6 Å². The number of ether oxygens (including phenoxy) is 4. The zero-order valence-electron chi connectivity index (χ0n) is 43.2. The van der Waals surface area contributed by atoms with Gasteiger partial charge in [0.15, 0.2) is 12.1 Å². The maximum Gasteiger partial charge on any atom is 0.310 e. The lowest BCUT2D eigenvalue weighted by Crippen LogP contribution is -2.64. The molecule has 18 nitrogen and oxygen atoms in total. The van der Waals surface area contributed by atoms with Crippen LogP contribution in [0.4, 0.5) is 0 Å². The molecule has 2 heterocycles. The largest absolute Gasteiger partial charge is 0.748 e. The van der Waals surface area contributed by atoms with E-state index < -0.39 is 63.4 Å². The predicted molar refractivity (Wildman–Crippen MR) is 272 cm³/mol. The number of aryl methyl sites for hydroxylation is 1. The minimum Gasteiger partial charge on any atom is -0.748 e. The number of amides is 5. The summed E-state index contributed by atoms with van der Waals surface area (Å²) >= 11 is 0. The second-order valence-corrected chi connectivity index (χ2v) is 21.0. The van der Waals surface area contributed by atoms with Gasteiger partial charge in [0.2, 0.25) is 17.7 Å². The van der Waals surface area contributed by atoms with Gasteiger partial charge in [-0.15, -0.1) is 6.42 Å². The number of esters is 1. The van der Waals surface area contributed by atoms with E-state index in [1.165, 1.54) is 0 Å². The van der Waals surface area contributed by atoms with E-state index in [9.17, 15) is 19.2 Å². The van der Waals surface area contributed by atoms with Crippen LogP contribution in [0.5, 0.6) is 11.5 Å². The number of benzene rings is 3. The first kappa shape index (κ1) is 59.4. The van der Waals surface area contributed by atoms with Gasteiger partial charge in [0.1, 0.15) is 55.9 Å². The normalized spacial score (nSPS) is 17.1. The van der Waals surface area contributed by atoms with Gasteiger partial charge in [-0.1, -0.05) is 101 Å². The lowest BCUT2D eigenvalue weighted by atomic mass is 9.98. The molecule has 2 aliphatic rings. The van der Waals surface area contributed by atoms with E-state index in [4.69, 9.17) is 38.3 Å². The third-order valence-corrected chi connectivity index (χ3v) is 12.2. The van der Waals surface area contributed by atoms with Crippen LogP contribution in [0, 0.1) is 24.2 Å². The molecule has 3 N–H and O–H groups in total. The molecular weight excluding hydrogens is 959 g/mol. The Labute approximate surface area is 430 Å². The van der Waals surface area contributed by atoms with Gasteiger partial charge >= 0.3 is 5.97 Å². The lowest BCUT2D eigenvalue weighted by Gasteiger charge is -2.42. The van der Waals surface area contributed by atoms with Crippen LogP contribution in [-0.4, -0.2) is 140 Å². The number of hydrogen-bond donors (Lipinski definition) is 3. The molecule has 3 aromatic carbocycles. The molecule has 4 atom stereocenters. The zero-order chi connectivity index (χ0) is 53.8. The monoisotopic (exact) mass is 1030 g/mol. The minimum atomic E-state index is -3.92. The van der Waals surface area contributed by atoms with Gasteiger partial charge in [-0.05, 0) is 67.7 Å². The summed E-state index contributed by atoms with van der Waals surface area (Å²) in [4.78, 5) is 86.4. The molecule has 2 saturated heterocycles. The van der Waals surface area contributed by atoms with Crippen molar-refractivity contribution < 1.29 is 65.2 Å². The van der Waals surface area contributed by atoms with Crippen LogP contribution in [0.25, 0.3) is 0 Å². The van der Waals surface area contributed by atoms with Crippen molar-refractivity contribution in [2.75, 3.05) is 58.9 Å². The van der Waals surface area contributed by atoms with Gasteiger partial charge in [0, 0.05) is 37.3 Å². The Kier molecular flexibility index (Phi) is 23.0. The summed E-state index contributed by atoms with van der Waals surface area (Å²) in [6.45, 7) is 13.1. The average molecular weight is 1030 g/mol. The van der Waals surface area contributed by atoms with Gasteiger partial charge in [0.25, 0.3) is 11.8 Å². The number of carbonyl (C=O) groups is 6. The number of terminal acetylenes is 1. The number of nitrogens with zero attached hydrogens (tertiary/aromatic N) is 2. The summed E-state index contributed by atoms with van der Waals surface area (Å²) < 4.78 is 50.2. The van der Waals surface area contributed by atoms with Gasteiger partial charge in [-0.3, -0.25) is 33.7 Å². The Hall–Kier alpha value is -6.17. The molecule has 0 bridgehead atoms. The summed E-state index contributed by atoms with van der Waals surface area (Å²) in [5, 5.41) is 8.86. The molecule has 0 unspecified atom stereocenters. The molecule has 0 spiro atoms. The quantitative estimate of drug-likeness (QED) is 0.0271. The van der Waals surface area contributed by atoms with E-state index in [2.05, 4.69) is 35.7 Å². The van der Waals surface area contributed by atoms with E-state index >= 15 is 9.59 Å². The number of rotatable bonds is 25. The third kappa shape index (κ3) is 20.3. The molecular formula is C54H73N5O13S.